The van der Waals surface area contributed by atoms with Crippen molar-refractivity contribution in [3.63, 3.8) is 0 Å². The Balaban J connectivity index is 1.32. The van der Waals surface area contributed by atoms with E-state index in [1.54, 1.807) is 23.1 Å². The van der Waals surface area contributed by atoms with Crippen molar-refractivity contribution in [1.29, 1.82) is 0 Å². The molecule has 34 heavy (non-hydrogen) atoms. The number of hydrogen-bond acceptors (Lipinski definition) is 5. The maximum atomic E-state index is 12.7. The van der Waals surface area contributed by atoms with Crippen molar-refractivity contribution in [2.24, 2.45) is 0 Å². The second kappa shape index (κ2) is 8.25. The molecule has 164 valence electrons. The number of nitrogens with one attached hydrogen (secondary N) is 2. The van der Waals surface area contributed by atoms with Crippen molar-refractivity contribution in [3.05, 3.63) is 97.2 Å². The van der Waals surface area contributed by atoms with Gasteiger partial charge in [-0.1, -0.05) is 12.1 Å². The van der Waals surface area contributed by atoms with Crippen molar-refractivity contribution in [2.45, 2.75) is 6.42 Å². The fourth-order valence-corrected chi connectivity index (χ4v) is 4.08. The Morgan fingerprint density at radius 1 is 0.912 bits per heavy atom. The Kier molecular flexibility index (Phi) is 4.81. The van der Waals surface area contributed by atoms with Gasteiger partial charge in [0.2, 0.25) is 5.91 Å². The van der Waals surface area contributed by atoms with Crippen LogP contribution in [0.3, 0.4) is 0 Å². The van der Waals surface area contributed by atoms with Crippen LogP contribution in [-0.2, 0) is 11.2 Å². The highest BCUT2D eigenvalue weighted by Crippen LogP contribution is 2.36. The van der Waals surface area contributed by atoms with Crippen molar-refractivity contribution in [3.8, 4) is 22.5 Å². The molecule has 1 amide bonds. The van der Waals surface area contributed by atoms with Gasteiger partial charge >= 0.3 is 0 Å². The van der Waals surface area contributed by atoms with Crippen LogP contribution < -0.4 is 5.32 Å². The van der Waals surface area contributed by atoms with Crippen molar-refractivity contribution < 1.29 is 4.79 Å². The molecule has 0 spiro atoms. The van der Waals surface area contributed by atoms with Gasteiger partial charge < -0.3 is 10.3 Å². The highest BCUT2D eigenvalue weighted by molar-refractivity contribution is 6.01. The quantitative estimate of drug-likeness (QED) is 0.406. The van der Waals surface area contributed by atoms with E-state index in [-0.39, 0.29) is 12.3 Å². The first-order chi connectivity index (χ1) is 16.7. The molecule has 8 heteroatoms. The molecule has 0 fully saturated rings. The second-order valence-corrected chi connectivity index (χ2v) is 7.85. The molecule has 6 aromatic rings. The molecular formula is C26H19N7O. The number of carbonyl (C=O) groups is 1. The summed E-state index contributed by atoms with van der Waals surface area (Å²) in [6.07, 6.45) is 7.22. The van der Waals surface area contributed by atoms with Gasteiger partial charge in [-0.15, -0.1) is 0 Å². The van der Waals surface area contributed by atoms with E-state index in [0.29, 0.717) is 11.5 Å². The molecule has 0 saturated heterocycles. The minimum Gasteiger partial charge on any atom is -0.353 e. The maximum absolute atomic E-state index is 12.7. The number of nitrogens with zero attached hydrogens (tertiary/aromatic N) is 5. The van der Waals surface area contributed by atoms with Crippen molar-refractivity contribution >= 4 is 28.3 Å². The molecule has 0 saturated carbocycles. The van der Waals surface area contributed by atoms with E-state index < -0.39 is 0 Å². The molecule has 0 bridgehead atoms. The van der Waals surface area contributed by atoms with Gasteiger partial charge in [-0.3, -0.25) is 14.8 Å². The zero-order valence-corrected chi connectivity index (χ0v) is 18.0. The topological polar surface area (TPSA) is 101 Å². The predicted molar refractivity (Wildman–Crippen MR) is 130 cm³/mol. The summed E-state index contributed by atoms with van der Waals surface area (Å²) in [5.41, 5.74) is 6.85. The molecule has 0 aliphatic carbocycles. The smallest absolute Gasteiger partial charge is 0.231 e. The molecule has 0 atom stereocenters. The lowest BCUT2D eigenvalue weighted by atomic mass is 10.0. The predicted octanol–water partition coefficient (Wildman–Crippen LogP) is 4.52. The first-order valence-corrected chi connectivity index (χ1v) is 10.8. The Bertz CT molecular complexity index is 1600. The summed E-state index contributed by atoms with van der Waals surface area (Å²) in [5.74, 6) is 0.279. The van der Waals surface area contributed by atoms with E-state index in [0.717, 1.165) is 39.1 Å². The van der Waals surface area contributed by atoms with Gasteiger partial charge in [0.1, 0.15) is 5.82 Å². The molecule has 8 nitrogen and oxygen atoms in total. The summed E-state index contributed by atoms with van der Waals surface area (Å²) >= 11 is 0. The third kappa shape index (κ3) is 3.67. The number of anilines is 1. The molecule has 0 aliphatic heterocycles. The fourth-order valence-electron chi connectivity index (χ4n) is 4.08. The Morgan fingerprint density at radius 3 is 2.71 bits per heavy atom. The van der Waals surface area contributed by atoms with E-state index in [4.69, 9.17) is 0 Å². The van der Waals surface area contributed by atoms with Gasteiger partial charge in [-0.25, -0.2) is 9.50 Å². The van der Waals surface area contributed by atoms with Crippen LogP contribution in [0.15, 0.2) is 91.5 Å². The van der Waals surface area contributed by atoms with Crippen LogP contribution in [-0.4, -0.2) is 35.5 Å². The number of carbonyl (C=O) groups excluding carboxylic acids is 1. The summed E-state index contributed by atoms with van der Waals surface area (Å²) in [7, 11) is 0. The monoisotopic (exact) mass is 445 g/mol. The number of rotatable bonds is 5. The second-order valence-electron chi connectivity index (χ2n) is 7.85. The molecule has 0 unspecified atom stereocenters. The van der Waals surface area contributed by atoms with Gasteiger partial charge in [0.25, 0.3) is 0 Å². The van der Waals surface area contributed by atoms with Gasteiger partial charge in [0, 0.05) is 30.4 Å². The summed E-state index contributed by atoms with van der Waals surface area (Å²) in [6, 6.07) is 21.1. The van der Waals surface area contributed by atoms with Crippen molar-refractivity contribution in [1.82, 2.24) is 29.5 Å². The Labute approximate surface area is 194 Å². The number of aromatic nitrogens is 6. The van der Waals surface area contributed by atoms with Crippen LogP contribution in [0.2, 0.25) is 0 Å². The zero-order valence-electron chi connectivity index (χ0n) is 18.0. The summed E-state index contributed by atoms with van der Waals surface area (Å²) in [6.45, 7) is 0. The number of fused-ring (bicyclic) bond motifs is 2. The Hall–Kier alpha value is -4.85. The molecule has 6 rings (SSSR count). The third-order valence-electron chi connectivity index (χ3n) is 5.55. The minimum atomic E-state index is -0.184. The lowest BCUT2D eigenvalue weighted by molar-refractivity contribution is -0.115. The van der Waals surface area contributed by atoms with E-state index >= 15 is 0 Å². The van der Waals surface area contributed by atoms with E-state index in [2.05, 4.69) is 30.4 Å². The lowest BCUT2D eigenvalue weighted by Gasteiger charge is -2.07. The number of H-pyrrole nitrogens is 1. The highest BCUT2D eigenvalue weighted by atomic mass is 16.1. The van der Waals surface area contributed by atoms with Crippen LogP contribution >= 0.6 is 0 Å². The van der Waals surface area contributed by atoms with Crippen molar-refractivity contribution in [2.75, 3.05) is 5.32 Å². The summed E-state index contributed by atoms with van der Waals surface area (Å²) < 4.78 is 1.75. The summed E-state index contributed by atoms with van der Waals surface area (Å²) in [5, 5.41) is 7.34. The largest absolute Gasteiger partial charge is 0.353 e. The molecule has 0 aromatic carbocycles. The van der Waals surface area contributed by atoms with Crippen LogP contribution in [0.1, 0.15) is 5.69 Å². The molecule has 0 radical (unpaired) electrons. The number of amides is 1. The van der Waals surface area contributed by atoms with Gasteiger partial charge in [-0.2, -0.15) is 5.10 Å². The van der Waals surface area contributed by atoms with Gasteiger partial charge in [0.05, 0.1) is 45.6 Å². The van der Waals surface area contributed by atoms with Crippen LogP contribution in [0.5, 0.6) is 0 Å². The van der Waals surface area contributed by atoms with Crippen LogP contribution in [0.4, 0.5) is 5.82 Å². The third-order valence-corrected chi connectivity index (χ3v) is 5.55. The molecule has 6 heterocycles. The lowest BCUT2D eigenvalue weighted by Crippen LogP contribution is -2.15. The van der Waals surface area contributed by atoms with E-state index in [9.17, 15) is 4.79 Å². The van der Waals surface area contributed by atoms with E-state index in [1.165, 1.54) is 0 Å². The SMILES string of the molecule is O=C(Cc1cc2ccccn2n1)Nc1cc(-c2[nH]c3cccnc3c2-c2ccccn2)ccn1. The van der Waals surface area contributed by atoms with E-state index in [1.807, 2.05) is 72.9 Å². The molecular weight excluding hydrogens is 426 g/mol. The molecule has 0 aliphatic rings. The average Bonchev–Trinajstić information content (AvgIpc) is 3.45. The normalized spacial score (nSPS) is 11.2. The standard InChI is InChI=1S/C26H19N7O/c34-23(16-18-15-19-6-2-4-13-33(19)32-18)31-22-14-17(9-12-28-22)25-24(20-7-1-3-10-27-20)26-21(30-25)8-5-11-29-26/h1-15,30H,16H2,(H,28,31,34). The maximum Gasteiger partial charge on any atom is 0.231 e. The minimum absolute atomic E-state index is 0.156. The first kappa shape index (κ1) is 19.8. The number of pyridine rings is 4. The van der Waals surface area contributed by atoms with Crippen LogP contribution in [0, 0.1) is 0 Å². The first-order valence-electron chi connectivity index (χ1n) is 10.8. The van der Waals surface area contributed by atoms with Gasteiger partial charge in [-0.05, 0) is 54.6 Å². The number of hydrogen-bond donors (Lipinski definition) is 2. The summed E-state index contributed by atoms with van der Waals surface area (Å²) in [4.78, 5) is 29.6. The Morgan fingerprint density at radius 2 is 1.82 bits per heavy atom. The average molecular weight is 445 g/mol. The molecule has 6 aromatic heterocycles. The molecule has 2 N–H and O–H groups in total. The highest BCUT2D eigenvalue weighted by Gasteiger charge is 2.18. The van der Waals surface area contributed by atoms with Gasteiger partial charge in [0.15, 0.2) is 0 Å². The van der Waals surface area contributed by atoms with Crippen LogP contribution in [0.25, 0.3) is 39.1 Å². The zero-order chi connectivity index (χ0) is 22.9. The fraction of sp³-hybridized carbons (Fsp3) is 0.0385. The number of aromatic amines is 1.